The first-order chi connectivity index (χ1) is 8.42. The van der Waals surface area contributed by atoms with Crippen molar-refractivity contribution in [2.45, 2.75) is 13.5 Å². The number of nitrogens with zero attached hydrogens (tertiary/aromatic N) is 1. The highest BCUT2D eigenvalue weighted by atomic mass is 32.2. The normalized spacial score (nSPS) is 11.7. The van der Waals surface area contributed by atoms with Crippen molar-refractivity contribution in [1.82, 2.24) is 4.57 Å². The van der Waals surface area contributed by atoms with Crippen LogP contribution in [0.1, 0.15) is 6.92 Å². The van der Waals surface area contributed by atoms with Crippen molar-refractivity contribution in [2.75, 3.05) is 6.26 Å². The van der Waals surface area contributed by atoms with Crippen LogP contribution in [-0.2, 0) is 16.7 Å². The second-order valence-corrected chi connectivity index (χ2v) is 5.49. The molecule has 2 rings (SSSR count). The minimum absolute atomic E-state index is 0.168. The summed E-state index contributed by atoms with van der Waals surface area (Å²) in [6.07, 6.45) is 2.34. The van der Waals surface area contributed by atoms with Crippen LogP contribution in [0.3, 0.4) is 0 Å². The van der Waals surface area contributed by atoms with Gasteiger partial charge in [0.05, 0.1) is 18.0 Å². The lowest BCUT2D eigenvalue weighted by molar-refractivity contribution is 0.487. The van der Waals surface area contributed by atoms with Crippen molar-refractivity contribution in [3.8, 4) is 5.75 Å². The second kappa shape index (κ2) is 4.45. The predicted molar refractivity (Wildman–Crippen MR) is 69.4 cm³/mol. The SMILES string of the molecule is CCn1cc(OS(C)(=O)=O)c(=O)c2ccccc21. The Morgan fingerprint density at radius 1 is 1.28 bits per heavy atom. The minimum Gasteiger partial charge on any atom is -0.377 e. The molecule has 2 aromatic rings. The number of rotatable bonds is 3. The molecule has 0 aliphatic carbocycles. The lowest BCUT2D eigenvalue weighted by Gasteiger charge is -2.10. The van der Waals surface area contributed by atoms with Crippen molar-refractivity contribution in [3.05, 3.63) is 40.7 Å². The van der Waals surface area contributed by atoms with Crippen molar-refractivity contribution in [1.29, 1.82) is 0 Å². The summed E-state index contributed by atoms with van der Waals surface area (Å²) < 4.78 is 28.7. The van der Waals surface area contributed by atoms with Crippen LogP contribution < -0.4 is 9.61 Å². The molecule has 1 aromatic carbocycles. The summed E-state index contributed by atoms with van der Waals surface area (Å²) in [5, 5.41) is 0.445. The standard InChI is InChI=1S/C12H13NO4S/c1-3-13-8-11(17-18(2,15)16)12(14)9-6-4-5-7-10(9)13/h4-8H,3H2,1-2H3. The molecule has 1 aromatic heterocycles. The molecule has 0 unspecified atom stereocenters. The van der Waals surface area contributed by atoms with E-state index < -0.39 is 15.5 Å². The highest BCUT2D eigenvalue weighted by molar-refractivity contribution is 7.86. The number of para-hydroxylation sites is 1. The Bertz CT molecular complexity index is 746. The van der Waals surface area contributed by atoms with Gasteiger partial charge in [-0.05, 0) is 19.1 Å². The molecule has 0 aliphatic heterocycles. The van der Waals surface area contributed by atoms with Crippen LogP contribution in [0.2, 0.25) is 0 Å². The fourth-order valence-corrected chi connectivity index (χ4v) is 2.25. The Labute approximate surface area is 105 Å². The third-order valence-corrected chi connectivity index (χ3v) is 3.02. The quantitative estimate of drug-likeness (QED) is 0.788. The van der Waals surface area contributed by atoms with Crippen LogP contribution in [0.25, 0.3) is 10.9 Å². The van der Waals surface area contributed by atoms with Crippen molar-refractivity contribution < 1.29 is 12.6 Å². The highest BCUT2D eigenvalue weighted by Crippen LogP contribution is 2.16. The first-order valence-corrected chi connectivity index (χ1v) is 7.25. The fourth-order valence-electron chi connectivity index (χ4n) is 1.80. The van der Waals surface area contributed by atoms with Gasteiger partial charge in [0.25, 0.3) is 0 Å². The molecule has 0 bridgehead atoms. The van der Waals surface area contributed by atoms with Crippen LogP contribution in [-0.4, -0.2) is 19.2 Å². The van der Waals surface area contributed by atoms with Crippen LogP contribution >= 0.6 is 0 Å². The number of hydrogen-bond acceptors (Lipinski definition) is 4. The maximum absolute atomic E-state index is 12.1. The number of fused-ring (bicyclic) bond motifs is 1. The highest BCUT2D eigenvalue weighted by Gasteiger charge is 2.13. The third kappa shape index (κ3) is 2.38. The number of hydrogen-bond donors (Lipinski definition) is 0. The fraction of sp³-hybridized carbons (Fsp3) is 0.250. The van der Waals surface area contributed by atoms with E-state index in [1.54, 1.807) is 16.7 Å². The topological polar surface area (TPSA) is 65.4 Å². The molecule has 18 heavy (non-hydrogen) atoms. The van der Waals surface area contributed by atoms with Gasteiger partial charge in [-0.2, -0.15) is 8.42 Å². The molecular formula is C12H13NO4S. The molecule has 0 fully saturated rings. The molecule has 0 saturated carbocycles. The summed E-state index contributed by atoms with van der Waals surface area (Å²) in [6, 6.07) is 7.02. The van der Waals surface area contributed by atoms with E-state index in [0.29, 0.717) is 11.9 Å². The Kier molecular flexibility index (Phi) is 3.13. The molecule has 6 heteroatoms. The first kappa shape index (κ1) is 12.6. The Hall–Kier alpha value is -1.82. The number of benzene rings is 1. The summed E-state index contributed by atoms with van der Waals surface area (Å²) >= 11 is 0. The van der Waals surface area contributed by atoms with Gasteiger partial charge in [0, 0.05) is 11.9 Å². The summed E-state index contributed by atoms with van der Waals surface area (Å²) in [6.45, 7) is 2.52. The molecule has 0 amide bonds. The molecule has 5 nitrogen and oxygen atoms in total. The average molecular weight is 267 g/mol. The summed E-state index contributed by atoms with van der Waals surface area (Å²) in [5.74, 6) is -0.168. The predicted octanol–water partition coefficient (Wildman–Crippen LogP) is 1.36. The van der Waals surface area contributed by atoms with E-state index in [0.717, 1.165) is 11.8 Å². The molecule has 0 atom stereocenters. The first-order valence-electron chi connectivity index (χ1n) is 5.44. The van der Waals surface area contributed by atoms with E-state index in [-0.39, 0.29) is 5.75 Å². The summed E-state index contributed by atoms with van der Waals surface area (Å²) in [5.41, 5.74) is 0.339. The Morgan fingerprint density at radius 2 is 1.94 bits per heavy atom. The van der Waals surface area contributed by atoms with Crippen LogP contribution in [0.5, 0.6) is 5.75 Å². The lowest BCUT2D eigenvalue weighted by atomic mass is 10.2. The maximum Gasteiger partial charge on any atom is 0.306 e. The number of aromatic nitrogens is 1. The van der Waals surface area contributed by atoms with Crippen molar-refractivity contribution in [3.63, 3.8) is 0 Å². The van der Waals surface area contributed by atoms with Crippen LogP contribution in [0.15, 0.2) is 35.3 Å². The molecule has 0 radical (unpaired) electrons. The van der Waals surface area contributed by atoms with Gasteiger partial charge in [0.1, 0.15) is 0 Å². The van der Waals surface area contributed by atoms with E-state index in [4.69, 9.17) is 4.18 Å². The number of pyridine rings is 1. The van der Waals surface area contributed by atoms with Gasteiger partial charge in [0.15, 0.2) is 0 Å². The average Bonchev–Trinajstić information content (AvgIpc) is 2.31. The van der Waals surface area contributed by atoms with Gasteiger partial charge < -0.3 is 8.75 Å². The molecule has 0 spiro atoms. The Morgan fingerprint density at radius 3 is 2.56 bits per heavy atom. The van der Waals surface area contributed by atoms with Gasteiger partial charge >= 0.3 is 10.1 Å². The molecule has 0 aliphatic rings. The van der Waals surface area contributed by atoms with E-state index in [1.807, 2.05) is 19.1 Å². The van der Waals surface area contributed by atoms with Gasteiger partial charge in [-0.15, -0.1) is 0 Å². The largest absolute Gasteiger partial charge is 0.377 e. The molecule has 0 saturated heterocycles. The zero-order valence-corrected chi connectivity index (χ0v) is 10.9. The van der Waals surface area contributed by atoms with Crippen LogP contribution in [0.4, 0.5) is 0 Å². The minimum atomic E-state index is -3.71. The molecule has 0 N–H and O–H groups in total. The summed E-state index contributed by atoms with van der Waals surface area (Å²) in [4.78, 5) is 12.1. The van der Waals surface area contributed by atoms with Gasteiger partial charge in [-0.3, -0.25) is 4.79 Å². The second-order valence-electron chi connectivity index (χ2n) is 3.91. The van der Waals surface area contributed by atoms with Gasteiger partial charge in [-0.25, -0.2) is 0 Å². The van der Waals surface area contributed by atoms with Gasteiger partial charge in [0.2, 0.25) is 11.2 Å². The smallest absolute Gasteiger partial charge is 0.306 e. The lowest BCUT2D eigenvalue weighted by Crippen LogP contribution is -2.16. The monoisotopic (exact) mass is 267 g/mol. The van der Waals surface area contributed by atoms with E-state index >= 15 is 0 Å². The summed E-state index contributed by atoms with van der Waals surface area (Å²) in [7, 11) is -3.71. The van der Waals surface area contributed by atoms with E-state index in [9.17, 15) is 13.2 Å². The van der Waals surface area contributed by atoms with Crippen molar-refractivity contribution >= 4 is 21.0 Å². The zero-order valence-electron chi connectivity index (χ0n) is 10.1. The Balaban J connectivity index is 2.77. The van der Waals surface area contributed by atoms with Gasteiger partial charge in [-0.1, -0.05) is 12.1 Å². The molecule has 96 valence electrons. The number of aryl methyl sites for hydroxylation is 1. The van der Waals surface area contributed by atoms with E-state index in [2.05, 4.69) is 0 Å². The molecular weight excluding hydrogens is 254 g/mol. The zero-order chi connectivity index (χ0) is 13.3. The third-order valence-electron chi connectivity index (χ3n) is 2.54. The van der Waals surface area contributed by atoms with Crippen LogP contribution in [0, 0.1) is 0 Å². The van der Waals surface area contributed by atoms with Crippen molar-refractivity contribution in [2.24, 2.45) is 0 Å². The van der Waals surface area contributed by atoms with E-state index in [1.165, 1.54) is 6.20 Å². The maximum atomic E-state index is 12.1. The molecule has 1 heterocycles.